The van der Waals surface area contributed by atoms with Crippen molar-refractivity contribution in [3.63, 3.8) is 0 Å². The van der Waals surface area contributed by atoms with Gasteiger partial charge in [0.05, 0.1) is 6.33 Å². The molecule has 3 rings (SSSR count). The average molecular weight is 390 g/mol. The highest BCUT2D eigenvalue weighted by Gasteiger charge is 2.19. The fraction of sp³-hybridized carbons (Fsp3) is 0.182. The number of rotatable bonds is 7. The molecule has 3 N–H and O–H groups in total. The van der Waals surface area contributed by atoms with Crippen LogP contribution in [0.1, 0.15) is 57.2 Å². The molecule has 2 aromatic carbocycles. The van der Waals surface area contributed by atoms with E-state index in [1.165, 1.54) is 6.33 Å². The molecule has 3 aromatic rings. The second-order valence-corrected chi connectivity index (χ2v) is 6.40. The first kappa shape index (κ1) is 20.0. The number of carbonyl (C=O) groups is 3. The molecule has 0 radical (unpaired) electrons. The third kappa shape index (κ3) is 4.57. The van der Waals surface area contributed by atoms with Crippen molar-refractivity contribution >= 4 is 29.0 Å². The van der Waals surface area contributed by atoms with E-state index >= 15 is 0 Å². The van der Waals surface area contributed by atoms with E-state index in [1.54, 1.807) is 37.3 Å². The molecule has 29 heavy (non-hydrogen) atoms. The minimum absolute atomic E-state index is 0.128. The van der Waals surface area contributed by atoms with Crippen LogP contribution in [-0.4, -0.2) is 27.6 Å². The van der Waals surface area contributed by atoms with Crippen LogP contribution in [0.15, 0.2) is 54.9 Å². The number of nitrogens with one attached hydrogen (secondary N) is 3. The van der Waals surface area contributed by atoms with Gasteiger partial charge in [-0.3, -0.25) is 14.4 Å². The van der Waals surface area contributed by atoms with Gasteiger partial charge in [0, 0.05) is 23.4 Å². The molecule has 2 amide bonds. The number of Topliss-reactive ketones (excluding diaryl/α,β-unsaturated/α-hetero) is 1. The van der Waals surface area contributed by atoms with E-state index < -0.39 is 5.91 Å². The lowest BCUT2D eigenvalue weighted by molar-refractivity contribution is 0.0963. The Morgan fingerprint density at radius 1 is 0.897 bits per heavy atom. The summed E-state index contributed by atoms with van der Waals surface area (Å²) >= 11 is 0. The molecule has 1 heterocycles. The molecule has 0 aliphatic heterocycles. The second kappa shape index (κ2) is 8.97. The van der Waals surface area contributed by atoms with Crippen LogP contribution >= 0.6 is 0 Å². The molecule has 148 valence electrons. The van der Waals surface area contributed by atoms with Gasteiger partial charge >= 0.3 is 0 Å². The van der Waals surface area contributed by atoms with E-state index in [2.05, 4.69) is 20.6 Å². The monoisotopic (exact) mass is 390 g/mol. The molecule has 0 atom stereocenters. The lowest BCUT2D eigenvalue weighted by Crippen LogP contribution is -2.17. The Balaban J connectivity index is 1.68. The van der Waals surface area contributed by atoms with E-state index in [-0.39, 0.29) is 29.5 Å². The van der Waals surface area contributed by atoms with Crippen LogP contribution in [0.2, 0.25) is 0 Å². The van der Waals surface area contributed by atoms with E-state index in [4.69, 9.17) is 0 Å². The minimum Gasteiger partial charge on any atom is -0.340 e. The summed E-state index contributed by atoms with van der Waals surface area (Å²) in [4.78, 5) is 43.4. The molecular formula is C22H22N4O3. The number of amides is 2. The SMILES string of the molecule is CCC(=O)c1nc[nH]c1C(=O)Nc1ccc(NC(=O)c2ccccc2CC)cc1. The number of H-pyrrole nitrogens is 1. The largest absolute Gasteiger partial charge is 0.340 e. The Kier molecular flexibility index (Phi) is 6.19. The van der Waals surface area contributed by atoms with Crippen molar-refractivity contribution in [1.82, 2.24) is 9.97 Å². The van der Waals surface area contributed by atoms with Gasteiger partial charge in [-0.15, -0.1) is 0 Å². The molecule has 7 nitrogen and oxygen atoms in total. The zero-order valence-corrected chi connectivity index (χ0v) is 16.3. The third-order valence-corrected chi connectivity index (χ3v) is 4.50. The van der Waals surface area contributed by atoms with Gasteiger partial charge in [-0.1, -0.05) is 32.0 Å². The normalized spacial score (nSPS) is 10.4. The quantitative estimate of drug-likeness (QED) is 0.529. The zero-order valence-electron chi connectivity index (χ0n) is 16.3. The fourth-order valence-corrected chi connectivity index (χ4v) is 2.93. The summed E-state index contributed by atoms with van der Waals surface area (Å²) < 4.78 is 0. The van der Waals surface area contributed by atoms with Gasteiger partial charge in [-0.05, 0) is 42.3 Å². The number of anilines is 2. The molecule has 0 aliphatic rings. The van der Waals surface area contributed by atoms with Gasteiger partial charge in [-0.2, -0.15) is 0 Å². The molecule has 0 bridgehead atoms. The Bertz CT molecular complexity index is 1040. The van der Waals surface area contributed by atoms with Gasteiger partial charge in [0.15, 0.2) is 5.78 Å². The van der Waals surface area contributed by atoms with Gasteiger partial charge in [0.25, 0.3) is 11.8 Å². The number of hydrogen-bond donors (Lipinski definition) is 3. The van der Waals surface area contributed by atoms with Crippen LogP contribution in [-0.2, 0) is 6.42 Å². The van der Waals surface area contributed by atoms with E-state index in [0.717, 1.165) is 12.0 Å². The molecule has 0 fully saturated rings. The van der Waals surface area contributed by atoms with Crippen molar-refractivity contribution in [2.45, 2.75) is 26.7 Å². The van der Waals surface area contributed by atoms with Crippen LogP contribution < -0.4 is 10.6 Å². The maximum Gasteiger partial charge on any atom is 0.274 e. The molecule has 0 spiro atoms. The summed E-state index contributed by atoms with van der Waals surface area (Å²) in [6.45, 7) is 3.72. The molecule has 0 saturated heterocycles. The number of imidazole rings is 1. The lowest BCUT2D eigenvalue weighted by atomic mass is 10.0. The molecule has 0 saturated carbocycles. The zero-order chi connectivity index (χ0) is 20.8. The highest BCUT2D eigenvalue weighted by atomic mass is 16.2. The first-order valence-electron chi connectivity index (χ1n) is 9.40. The average Bonchev–Trinajstić information content (AvgIpc) is 3.24. The molecular weight excluding hydrogens is 368 g/mol. The predicted molar refractivity (Wildman–Crippen MR) is 111 cm³/mol. The molecule has 7 heteroatoms. The number of hydrogen-bond acceptors (Lipinski definition) is 4. The summed E-state index contributed by atoms with van der Waals surface area (Å²) in [5.41, 5.74) is 3.02. The summed E-state index contributed by atoms with van der Waals surface area (Å²) in [5, 5.41) is 5.58. The number of aryl methyl sites for hydroxylation is 1. The highest BCUT2D eigenvalue weighted by molar-refractivity contribution is 6.10. The highest BCUT2D eigenvalue weighted by Crippen LogP contribution is 2.17. The maximum absolute atomic E-state index is 12.5. The first-order valence-corrected chi connectivity index (χ1v) is 9.40. The smallest absolute Gasteiger partial charge is 0.274 e. The van der Waals surface area contributed by atoms with Crippen molar-refractivity contribution in [2.24, 2.45) is 0 Å². The van der Waals surface area contributed by atoms with E-state index in [1.807, 2.05) is 25.1 Å². The van der Waals surface area contributed by atoms with Crippen LogP contribution in [0.5, 0.6) is 0 Å². The minimum atomic E-state index is -0.451. The topological polar surface area (TPSA) is 104 Å². The number of nitrogens with zero attached hydrogens (tertiary/aromatic N) is 1. The molecule has 0 aliphatic carbocycles. The van der Waals surface area contributed by atoms with Gasteiger partial charge in [0.2, 0.25) is 0 Å². The maximum atomic E-state index is 12.5. The number of ketones is 1. The van der Waals surface area contributed by atoms with E-state index in [0.29, 0.717) is 16.9 Å². The summed E-state index contributed by atoms with van der Waals surface area (Å²) in [6.07, 6.45) is 2.36. The number of aromatic nitrogens is 2. The van der Waals surface area contributed by atoms with Crippen molar-refractivity contribution in [3.8, 4) is 0 Å². The van der Waals surface area contributed by atoms with Crippen LogP contribution in [0.4, 0.5) is 11.4 Å². The molecule has 1 aromatic heterocycles. The fourth-order valence-electron chi connectivity index (χ4n) is 2.93. The first-order chi connectivity index (χ1) is 14.0. The number of carbonyl (C=O) groups excluding carboxylic acids is 3. The number of benzene rings is 2. The Hall–Kier alpha value is -3.74. The van der Waals surface area contributed by atoms with Gasteiger partial charge in [-0.25, -0.2) is 4.98 Å². The van der Waals surface area contributed by atoms with Crippen molar-refractivity contribution in [1.29, 1.82) is 0 Å². The van der Waals surface area contributed by atoms with Gasteiger partial charge < -0.3 is 15.6 Å². The summed E-state index contributed by atoms with van der Waals surface area (Å²) in [6, 6.07) is 14.2. The Morgan fingerprint density at radius 2 is 1.52 bits per heavy atom. The summed E-state index contributed by atoms with van der Waals surface area (Å²) in [5.74, 6) is -0.839. The van der Waals surface area contributed by atoms with E-state index in [9.17, 15) is 14.4 Å². The van der Waals surface area contributed by atoms with Crippen molar-refractivity contribution in [2.75, 3.05) is 10.6 Å². The molecule has 0 unspecified atom stereocenters. The van der Waals surface area contributed by atoms with Crippen molar-refractivity contribution in [3.05, 3.63) is 77.4 Å². The number of aromatic amines is 1. The Labute approximate surface area is 168 Å². The Morgan fingerprint density at radius 3 is 2.14 bits per heavy atom. The lowest BCUT2D eigenvalue weighted by Gasteiger charge is -2.10. The van der Waals surface area contributed by atoms with Crippen molar-refractivity contribution < 1.29 is 14.4 Å². The van der Waals surface area contributed by atoms with Crippen LogP contribution in [0.3, 0.4) is 0 Å². The third-order valence-electron chi connectivity index (χ3n) is 4.50. The predicted octanol–water partition coefficient (Wildman–Crippen LogP) is 4.07. The van der Waals surface area contributed by atoms with Gasteiger partial charge in [0.1, 0.15) is 11.4 Å². The second-order valence-electron chi connectivity index (χ2n) is 6.40. The summed E-state index contributed by atoms with van der Waals surface area (Å²) in [7, 11) is 0. The van der Waals surface area contributed by atoms with Crippen LogP contribution in [0, 0.1) is 0 Å². The van der Waals surface area contributed by atoms with Crippen LogP contribution in [0.25, 0.3) is 0 Å². The standard InChI is InChI=1S/C22H22N4O3/c1-3-14-7-5-6-8-17(14)21(28)25-15-9-11-16(12-10-15)26-22(29)20-19(18(27)4-2)23-13-24-20/h5-13H,3-4H2,1-2H3,(H,23,24)(H,25,28)(H,26,29).